The Labute approximate surface area is 184 Å². The summed E-state index contributed by atoms with van der Waals surface area (Å²) in [6.07, 6.45) is 0.809. The van der Waals surface area contributed by atoms with Gasteiger partial charge >= 0.3 is 0 Å². The number of carbonyl (C=O) groups excluding carboxylic acids is 1. The van der Waals surface area contributed by atoms with Gasteiger partial charge in [0.2, 0.25) is 0 Å². The summed E-state index contributed by atoms with van der Waals surface area (Å²) in [6, 6.07) is 14.4. The number of carbonyl (C=O) groups is 1. The Morgan fingerprint density at radius 2 is 1.75 bits per heavy atom. The first-order valence-electron chi connectivity index (χ1n) is 10.0. The summed E-state index contributed by atoms with van der Waals surface area (Å²) in [6.45, 7) is 3.41. The molecule has 2 aromatic heterocycles. The molecule has 0 radical (unpaired) electrons. The predicted molar refractivity (Wildman–Crippen MR) is 116 cm³/mol. The normalized spacial score (nSPS) is 12.9. The Bertz CT molecular complexity index is 1220. The molecule has 8 nitrogen and oxygen atoms in total. The van der Waals surface area contributed by atoms with Gasteiger partial charge in [-0.25, -0.2) is 18.9 Å². The van der Waals surface area contributed by atoms with Crippen molar-refractivity contribution in [3.8, 4) is 22.8 Å². The van der Waals surface area contributed by atoms with Gasteiger partial charge in [0.05, 0.1) is 18.8 Å². The second-order valence-electron chi connectivity index (χ2n) is 7.22. The van der Waals surface area contributed by atoms with Gasteiger partial charge in [-0.2, -0.15) is 0 Å². The highest BCUT2D eigenvalue weighted by Crippen LogP contribution is 2.22. The van der Waals surface area contributed by atoms with Gasteiger partial charge in [-0.05, 0) is 62.4 Å². The molecule has 0 fully saturated rings. The summed E-state index contributed by atoms with van der Waals surface area (Å²) in [5.74, 6) is 0.913. The zero-order valence-corrected chi connectivity index (χ0v) is 17.8. The third-order valence-corrected chi connectivity index (χ3v) is 4.87. The van der Waals surface area contributed by atoms with Crippen LogP contribution in [-0.2, 0) is 4.79 Å². The lowest BCUT2D eigenvalue weighted by Gasteiger charge is -2.17. The second-order valence-corrected chi connectivity index (χ2v) is 7.22. The van der Waals surface area contributed by atoms with E-state index in [0.717, 1.165) is 17.0 Å². The number of nitrogens with one attached hydrogen (secondary N) is 1. The van der Waals surface area contributed by atoms with E-state index in [2.05, 4.69) is 20.4 Å². The maximum atomic E-state index is 13.0. The molecule has 2 heterocycles. The van der Waals surface area contributed by atoms with Gasteiger partial charge in [0.15, 0.2) is 17.6 Å². The first kappa shape index (κ1) is 21.2. The Morgan fingerprint density at radius 1 is 1.06 bits per heavy atom. The van der Waals surface area contributed by atoms with Crippen molar-refractivity contribution in [1.29, 1.82) is 0 Å². The molecule has 1 N–H and O–H groups in total. The fourth-order valence-corrected chi connectivity index (χ4v) is 3.08. The van der Waals surface area contributed by atoms with E-state index < -0.39 is 12.1 Å². The number of aromatic nitrogens is 4. The lowest BCUT2D eigenvalue weighted by Crippen LogP contribution is -2.38. The largest absolute Gasteiger partial charge is 0.497 e. The third-order valence-electron chi connectivity index (χ3n) is 4.87. The molecule has 32 heavy (non-hydrogen) atoms. The summed E-state index contributed by atoms with van der Waals surface area (Å²) in [4.78, 5) is 21.5. The smallest absolute Gasteiger partial charge is 0.261 e. The van der Waals surface area contributed by atoms with Crippen LogP contribution >= 0.6 is 0 Å². The van der Waals surface area contributed by atoms with Crippen LogP contribution in [0.1, 0.15) is 25.7 Å². The summed E-state index contributed by atoms with van der Waals surface area (Å²) >= 11 is 0. The number of nitrogens with zero attached hydrogens (tertiary/aromatic N) is 4. The fourth-order valence-electron chi connectivity index (χ4n) is 3.08. The number of halogens is 1. The van der Waals surface area contributed by atoms with Gasteiger partial charge in [-0.3, -0.25) is 4.79 Å². The van der Waals surface area contributed by atoms with Crippen molar-refractivity contribution in [1.82, 2.24) is 24.9 Å². The van der Waals surface area contributed by atoms with E-state index in [1.54, 1.807) is 31.8 Å². The van der Waals surface area contributed by atoms with E-state index >= 15 is 0 Å². The van der Waals surface area contributed by atoms with Gasteiger partial charge in [-0.15, -0.1) is 5.10 Å². The summed E-state index contributed by atoms with van der Waals surface area (Å²) in [5.41, 5.74) is 2.28. The molecule has 4 rings (SSSR count). The summed E-state index contributed by atoms with van der Waals surface area (Å²) < 4.78 is 25.3. The van der Waals surface area contributed by atoms with Crippen molar-refractivity contribution in [2.45, 2.75) is 26.0 Å². The van der Waals surface area contributed by atoms with Crippen LogP contribution in [0.15, 0.2) is 60.9 Å². The Hall–Kier alpha value is -4.01. The van der Waals surface area contributed by atoms with Crippen LogP contribution in [0, 0.1) is 5.82 Å². The number of ether oxygens (including phenoxy) is 2. The van der Waals surface area contributed by atoms with Crippen molar-refractivity contribution in [2.75, 3.05) is 7.11 Å². The number of methoxy groups -OCH3 is 1. The number of benzene rings is 2. The van der Waals surface area contributed by atoms with Crippen molar-refractivity contribution >= 4 is 11.6 Å². The zero-order valence-electron chi connectivity index (χ0n) is 17.8. The van der Waals surface area contributed by atoms with E-state index in [4.69, 9.17) is 9.47 Å². The highest BCUT2D eigenvalue weighted by Gasteiger charge is 2.20. The molecule has 2 aromatic carbocycles. The fraction of sp³-hybridized carbons (Fsp3) is 0.217. The minimum Gasteiger partial charge on any atom is -0.497 e. The molecule has 0 aliphatic carbocycles. The average molecular weight is 435 g/mol. The van der Waals surface area contributed by atoms with E-state index in [0.29, 0.717) is 17.2 Å². The van der Waals surface area contributed by atoms with Crippen LogP contribution in [0.25, 0.3) is 16.9 Å². The molecule has 0 spiro atoms. The zero-order chi connectivity index (χ0) is 22.7. The molecular formula is C23H22FN5O3. The topological polar surface area (TPSA) is 90.6 Å². The quantitative estimate of drug-likeness (QED) is 0.477. The van der Waals surface area contributed by atoms with Gasteiger partial charge in [-0.1, -0.05) is 0 Å². The second kappa shape index (κ2) is 9.01. The number of rotatable bonds is 7. The number of amides is 1. The molecule has 9 heteroatoms. The van der Waals surface area contributed by atoms with Crippen LogP contribution in [0.5, 0.6) is 11.5 Å². The highest BCUT2D eigenvalue weighted by molar-refractivity contribution is 5.81. The standard InChI is InChI=1S/C23H22FN5O3/c1-14(26-23(30)15(2)32-19-10-6-17(24)7-11-19)22-27-21-12-20(25-13-29(21)28-22)16-4-8-18(31-3)9-5-16/h4-15H,1-3H3,(H,26,30)/t14-,15+/m0/s1. The van der Waals surface area contributed by atoms with Crippen molar-refractivity contribution in [2.24, 2.45) is 0 Å². The molecule has 164 valence electrons. The highest BCUT2D eigenvalue weighted by atomic mass is 19.1. The average Bonchev–Trinajstić information content (AvgIpc) is 3.24. The molecule has 1 amide bonds. The van der Waals surface area contributed by atoms with Crippen molar-refractivity contribution in [3.63, 3.8) is 0 Å². The van der Waals surface area contributed by atoms with Gasteiger partial charge in [0.1, 0.15) is 23.6 Å². The van der Waals surface area contributed by atoms with E-state index in [1.807, 2.05) is 30.3 Å². The lowest BCUT2D eigenvalue weighted by molar-refractivity contribution is -0.128. The van der Waals surface area contributed by atoms with Crippen LogP contribution in [-0.4, -0.2) is 38.7 Å². The van der Waals surface area contributed by atoms with Crippen LogP contribution in [0.3, 0.4) is 0 Å². The first-order chi connectivity index (χ1) is 15.4. The monoisotopic (exact) mass is 435 g/mol. The van der Waals surface area contributed by atoms with Crippen molar-refractivity contribution in [3.05, 3.63) is 72.6 Å². The summed E-state index contributed by atoms with van der Waals surface area (Å²) in [7, 11) is 1.62. The molecule has 0 aliphatic heterocycles. The minimum absolute atomic E-state index is 0.335. The molecule has 0 bridgehead atoms. The molecule has 2 atom stereocenters. The number of hydrogen-bond acceptors (Lipinski definition) is 6. The van der Waals surface area contributed by atoms with Crippen molar-refractivity contribution < 1.29 is 18.7 Å². The first-order valence-corrected chi connectivity index (χ1v) is 10.0. The Morgan fingerprint density at radius 3 is 2.44 bits per heavy atom. The number of fused-ring (bicyclic) bond motifs is 1. The molecular weight excluding hydrogens is 413 g/mol. The lowest BCUT2D eigenvalue weighted by atomic mass is 10.1. The Balaban J connectivity index is 1.45. The summed E-state index contributed by atoms with van der Waals surface area (Å²) in [5, 5.41) is 7.24. The molecule has 0 unspecified atom stereocenters. The maximum absolute atomic E-state index is 13.0. The maximum Gasteiger partial charge on any atom is 0.261 e. The Kier molecular flexibility index (Phi) is 5.98. The molecule has 0 aliphatic rings. The predicted octanol–water partition coefficient (Wildman–Crippen LogP) is 3.58. The van der Waals surface area contributed by atoms with Gasteiger partial charge in [0, 0.05) is 11.6 Å². The molecule has 0 saturated carbocycles. The SMILES string of the molecule is COc1ccc(-c2cc3nc([C@H](C)NC(=O)[C@@H](C)Oc4ccc(F)cc4)nn3cn2)cc1. The van der Waals surface area contributed by atoms with E-state index in [-0.39, 0.29) is 11.7 Å². The molecule has 0 saturated heterocycles. The minimum atomic E-state index is -0.775. The van der Waals surface area contributed by atoms with Crippen LogP contribution < -0.4 is 14.8 Å². The molecule has 4 aromatic rings. The van der Waals surface area contributed by atoms with Gasteiger partial charge in [0.25, 0.3) is 5.91 Å². The third kappa shape index (κ3) is 4.66. The van der Waals surface area contributed by atoms with Crippen LogP contribution in [0.4, 0.5) is 4.39 Å². The van der Waals surface area contributed by atoms with Gasteiger partial charge < -0.3 is 14.8 Å². The number of hydrogen-bond donors (Lipinski definition) is 1. The van der Waals surface area contributed by atoms with E-state index in [9.17, 15) is 9.18 Å². The van der Waals surface area contributed by atoms with E-state index in [1.165, 1.54) is 24.3 Å². The van der Waals surface area contributed by atoms with Crippen LogP contribution in [0.2, 0.25) is 0 Å².